The molecule has 2 aromatic rings. The Morgan fingerprint density at radius 3 is 2.67 bits per heavy atom. The molecule has 1 fully saturated rings. The van der Waals surface area contributed by atoms with Crippen LogP contribution in [0.1, 0.15) is 31.2 Å². The first-order valence-electron chi connectivity index (χ1n) is 7.20. The zero-order valence-corrected chi connectivity index (χ0v) is 11.7. The monoisotopic (exact) mass is 286 g/mol. The molecule has 1 aliphatic carbocycles. The largest absolute Gasteiger partial charge is 0.480 e. The van der Waals surface area contributed by atoms with Crippen molar-refractivity contribution < 1.29 is 14.7 Å². The number of hydrogen-bond acceptors (Lipinski definition) is 2. The summed E-state index contributed by atoms with van der Waals surface area (Å²) >= 11 is 0. The van der Waals surface area contributed by atoms with Crippen molar-refractivity contribution in [2.45, 2.75) is 37.6 Å². The number of rotatable bonds is 4. The number of carboxylic acids is 1. The standard InChI is InChI=1S/C16H18N2O3/c19-14(18-16(15(20)21)7-3-4-8-16)9-11-10-17-13-6-2-1-5-12(11)13/h1-2,5-6,10,17H,3-4,7-9H2,(H,18,19)(H,20,21). The Morgan fingerprint density at radius 2 is 1.95 bits per heavy atom. The molecule has 0 atom stereocenters. The number of fused-ring (bicyclic) bond motifs is 1. The number of aliphatic carboxylic acids is 1. The predicted molar refractivity (Wildman–Crippen MR) is 79.0 cm³/mol. The molecular formula is C16H18N2O3. The fourth-order valence-corrected chi connectivity index (χ4v) is 3.13. The number of aromatic nitrogens is 1. The van der Waals surface area contributed by atoms with Crippen molar-refractivity contribution in [3.8, 4) is 0 Å². The first kappa shape index (κ1) is 13.7. The van der Waals surface area contributed by atoms with Crippen molar-refractivity contribution in [3.63, 3.8) is 0 Å². The molecule has 1 aliphatic rings. The lowest BCUT2D eigenvalue weighted by Crippen LogP contribution is -2.52. The lowest BCUT2D eigenvalue weighted by atomic mass is 9.97. The van der Waals surface area contributed by atoms with Crippen molar-refractivity contribution in [1.29, 1.82) is 0 Å². The van der Waals surface area contributed by atoms with Gasteiger partial charge < -0.3 is 15.4 Å². The number of carboxylic acid groups (broad SMARTS) is 1. The van der Waals surface area contributed by atoms with Crippen molar-refractivity contribution in [1.82, 2.24) is 10.3 Å². The van der Waals surface area contributed by atoms with E-state index in [4.69, 9.17) is 0 Å². The highest BCUT2D eigenvalue weighted by atomic mass is 16.4. The van der Waals surface area contributed by atoms with Crippen LogP contribution in [-0.4, -0.2) is 27.5 Å². The summed E-state index contributed by atoms with van der Waals surface area (Å²) in [6.45, 7) is 0. The summed E-state index contributed by atoms with van der Waals surface area (Å²) in [5.41, 5.74) is 0.805. The zero-order chi connectivity index (χ0) is 14.9. The van der Waals surface area contributed by atoms with E-state index in [1.165, 1.54) is 0 Å². The van der Waals surface area contributed by atoms with Crippen LogP contribution >= 0.6 is 0 Å². The molecule has 0 saturated heterocycles. The van der Waals surface area contributed by atoms with Crippen LogP contribution in [0, 0.1) is 0 Å². The van der Waals surface area contributed by atoms with Crippen molar-refractivity contribution >= 4 is 22.8 Å². The average Bonchev–Trinajstić information content (AvgIpc) is 3.08. The molecule has 3 N–H and O–H groups in total. The number of aromatic amines is 1. The lowest BCUT2D eigenvalue weighted by Gasteiger charge is -2.25. The molecule has 3 rings (SSSR count). The van der Waals surface area contributed by atoms with E-state index < -0.39 is 11.5 Å². The smallest absolute Gasteiger partial charge is 0.329 e. The van der Waals surface area contributed by atoms with Gasteiger partial charge in [-0.3, -0.25) is 4.79 Å². The summed E-state index contributed by atoms with van der Waals surface area (Å²) in [5.74, 6) is -1.16. The molecule has 1 heterocycles. The van der Waals surface area contributed by atoms with Gasteiger partial charge in [0.25, 0.3) is 0 Å². The van der Waals surface area contributed by atoms with Crippen LogP contribution in [0.15, 0.2) is 30.5 Å². The number of benzene rings is 1. The number of para-hydroxylation sites is 1. The Labute approximate surface area is 122 Å². The van der Waals surface area contributed by atoms with Gasteiger partial charge >= 0.3 is 5.97 Å². The number of H-pyrrole nitrogens is 1. The molecule has 21 heavy (non-hydrogen) atoms. The fourth-order valence-electron chi connectivity index (χ4n) is 3.13. The molecule has 0 unspecified atom stereocenters. The van der Waals surface area contributed by atoms with Crippen LogP contribution in [0.3, 0.4) is 0 Å². The number of hydrogen-bond donors (Lipinski definition) is 3. The Hall–Kier alpha value is -2.30. The van der Waals surface area contributed by atoms with Crippen LogP contribution in [0.4, 0.5) is 0 Å². The molecule has 1 saturated carbocycles. The van der Waals surface area contributed by atoms with Gasteiger partial charge in [-0.2, -0.15) is 0 Å². The van der Waals surface area contributed by atoms with E-state index in [1.54, 1.807) is 0 Å². The third-order valence-corrected chi connectivity index (χ3v) is 4.27. The Balaban J connectivity index is 1.76. The minimum Gasteiger partial charge on any atom is -0.480 e. The predicted octanol–water partition coefficient (Wildman–Crippen LogP) is 2.22. The highest BCUT2D eigenvalue weighted by Crippen LogP contribution is 2.30. The molecule has 0 bridgehead atoms. The van der Waals surface area contributed by atoms with Gasteiger partial charge in [0.05, 0.1) is 6.42 Å². The van der Waals surface area contributed by atoms with Gasteiger partial charge in [-0.25, -0.2) is 4.79 Å². The third-order valence-electron chi connectivity index (χ3n) is 4.27. The van der Waals surface area contributed by atoms with Crippen molar-refractivity contribution in [2.75, 3.05) is 0 Å². The van der Waals surface area contributed by atoms with E-state index in [-0.39, 0.29) is 12.3 Å². The van der Waals surface area contributed by atoms with E-state index in [0.717, 1.165) is 29.3 Å². The third kappa shape index (κ3) is 2.51. The molecule has 110 valence electrons. The van der Waals surface area contributed by atoms with Crippen LogP contribution in [0.25, 0.3) is 10.9 Å². The summed E-state index contributed by atoms with van der Waals surface area (Å²) < 4.78 is 0. The summed E-state index contributed by atoms with van der Waals surface area (Å²) in [5, 5.41) is 13.1. The second-order valence-corrected chi connectivity index (χ2v) is 5.68. The van der Waals surface area contributed by atoms with Crippen LogP contribution in [0.2, 0.25) is 0 Å². The maximum Gasteiger partial charge on any atom is 0.329 e. The highest BCUT2D eigenvalue weighted by Gasteiger charge is 2.42. The van der Waals surface area contributed by atoms with Gasteiger partial charge in [0.1, 0.15) is 5.54 Å². The minimum absolute atomic E-state index is 0.193. The number of carbonyl (C=O) groups is 2. The second kappa shape index (κ2) is 5.24. The van der Waals surface area contributed by atoms with E-state index >= 15 is 0 Å². The van der Waals surface area contributed by atoms with Crippen LogP contribution < -0.4 is 5.32 Å². The maximum atomic E-state index is 12.2. The van der Waals surface area contributed by atoms with E-state index in [9.17, 15) is 14.7 Å². The van der Waals surface area contributed by atoms with Gasteiger partial charge in [-0.05, 0) is 24.5 Å². The fraction of sp³-hybridized carbons (Fsp3) is 0.375. The molecule has 0 spiro atoms. The van der Waals surface area contributed by atoms with Gasteiger partial charge in [-0.1, -0.05) is 31.0 Å². The molecule has 0 radical (unpaired) electrons. The minimum atomic E-state index is -1.07. The van der Waals surface area contributed by atoms with Gasteiger partial charge in [0.15, 0.2) is 0 Å². The zero-order valence-electron chi connectivity index (χ0n) is 11.7. The number of nitrogens with one attached hydrogen (secondary N) is 2. The van der Waals surface area contributed by atoms with Gasteiger partial charge in [-0.15, -0.1) is 0 Å². The maximum absolute atomic E-state index is 12.2. The average molecular weight is 286 g/mol. The highest BCUT2D eigenvalue weighted by molar-refractivity contribution is 5.92. The molecule has 5 nitrogen and oxygen atoms in total. The molecular weight excluding hydrogens is 268 g/mol. The van der Waals surface area contributed by atoms with Gasteiger partial charge in [0.2, 0.25) is 5.91 Å². The topological polar surface area (TPSA) is 82.2 Å². The number of carbonyl (C=O) groups excluding carboxylic acids is 1. The summed E-state index contributed by atoms with van der Waals surface area (Å²) in [7, 11) is 0. The first-order chi connectivity index (χ1) is 10.1. The van der Waals surface area contributed by atoms with Crippen molar-refractivity contribution in [3.05, 3.63) is 36.0 Å². The van der Waals surface area contributed by atoms with Crippen LogP contribution in [-0.2, 0) is 16.0 Å². The molecule has 1 aromatic carbocycles. The summed E-state index contributed by atoms with van der Waals surface area (Å²) in [4.78, 5) is 26.8. The van der Waals surface area contributed by atoms with E-state index in [0.29, 0.717) is 12.8 Å². The van der Waals surface area contributed by atoms with E-state index in [2.05, 4.69) is 10.3 Å². The normalized spacial score (nSPS) is 17.0. The first-order valence-corrected chi connectivity index (χ1v) is 7.20. The number of amides is 1. The quantitative estimate of drug-likeness (QED) is 0.806. The lowest BCUT2D eigenvalue weighted by molar-refractivity contribution is -0.147. The van der Waals surface area contributed by atoms with E-state index in [1.807, 2.05) is 30.5 Å². The summed E-state index contributed by atoms with van der Waals surface area (Å²) in [6.07, 6.45) is 4.73. The van der Waals surface area contributed by atoms with Crippen molar-refractivity contribution in [2.24, 2.45) is 0 Å². The molecule has 5 heteroatoms. The summed E-state index contributed by atoms with van der Waals surface area (Å²) in [6, 6.07) is 7.76. The second-order valence-electron chi connectivity index (χ2n) is 5.68. The van der Waals surface area contributed by atoms with Crippen LogP contribution in [0.5, 0.6) is 0 Å². The Morgan fingerprint density at radius 1 is 1.24 bits per heavy atom. The molecule has 1 amide bonds. The Bertz CT molecular complexity index is 684. The molecule has 0 aliphatic heterocycles. The Kier molecular flexibility index (Phi) is 3.41. The molecule has 1 aromatic heterocycles. The van der Waals surface area contributed by atoms with Gasteiger partial charge in [0, 0.05) is 17.1 Å². The SMILES string of the molecule is O=C(Cc1c[nH]c2ccccc12)NC1(C(=O)O)CCCC1.